The lowest BCUT2D eigenvalue weighted by Gasteiger charge is -2.19. The van der Waals surface area contributed by atoms with Crippen LogP contribution in [0.15, 0.2) is 53.1 Å². The average Bonchev–Trinajstić information content (AvgIpc) is 3.26. The highest BCUT2D eigenvalue weighted by molar-refractivity contribution is 6.30. The van der Waals surface area contributed by atoms with Crippen LogP contribution in [-0.2, 0) is 16.1 Å². The van der Waals surface area contributed by atoms with E-state index in [0.717, 1.165) is 5.56 Å². The molecule has 0 radical (unpaired) electrons. The number of methoxy groups -OCH3 is 1. The summed E-state index contributed by atoms with van der Waals surface area (Å²) in [6, 6.07) is 12.8. The van der Waals surface area contributed by atoms with Gasteiger partial charge in [0.1, 0.15) is 11.8 Å². The zero-order valence-electron chi connectivity index (χ0n) is 18.0. The van der Waals surface area contributed by atoms with Gasteiger partial charge in [0, 0.05) is 16.1 Å². The van der Waals surface area contributed by atoms with Crippen molar-refractivity contribution in [2.75, 3.05) is 7.11 Å². The second kappa shape index (κ2) is 10.8. The van der Waals surface area contributed by atoms with Crippen molar-refractivity contribution in [3.63, 3.8) is 0 Å². The predicted octanol–water partition coefficient (Wildman–Crippen LogP) is 4.29. The van der Waals surface area contributed by atoms with Crippen LogP contribution in [-0.4, -0.2) is 35.2 Å². The molecule has 1 amide bonds. The Morgan fingerprint density at radius 1 is 1.09 bits per heavy atom. The first-order chi connectivity index (χ1) is 15.4. The number of benzene rings is 2. The van der Waals surface area contributed by atoms with E-state index in [0.29, 0.717) is 28.6 Å². The van der Waals surface area contributed by atoms with Gasteiger partial charge in [-0.15, -0.1) is 0 Å². The quantitative estimate of drug-likeness (QED) is 0.478. The lowest BCUT2D eigenvalue weighted by Crippen LogP contribution is -2.42. The fraction of sp³-hybridized carbons (Fsp3) is 0.304. The zero-order chi connectivity index (χ0) is 23.1. The van der Waals surface area contributed by atoms with Crippen molar-refractivity contribution in [2.45, 2.75) is 32.9 Å². The summed E-state index contributed by atoms with van der Waals surface area (Å²) in [4.78, 5) is 29.4. The van der Waals surface area contributed by atoms with Gasteiger partial charge in [0.15, 0.2) is 6.61 Å². The Kier molecular flexibility index (Phi) is 7.83. The van der Waals surface area contributed by atoms with Crippen LogP contribution in [0.25, 0.3) is 11.4 Å². The Labute approximate surface area is 190 Å². The molecule has 0 aliphatic heterocycles. The fourth-order valence-corrected chi connectivity index (χ4v) is 3.06. The number of aromatic nitrogens is 2. The normalized spacial score (nSPS) is 11.8. The molecule has 1 atom stereocenters. The second-order valence-electron chi connectivity index (χ2n) is 7.51. The SMILES string of the molecule is COc1ccc(-c2noc(COC(=O)C(CC(C)C)NC(=O)c3ccc(Cl)cc3)n2)cc1. The van der Waals surface area contributed by atoms with E-state index in [4.69, 9.17) is 25.6 Å². The van der Waals surface area contributed by atoms with Gasteiger partial charge >= 0.3 is 5.97 Å². The van der Waals surface area contributed by atoms with Crippen molar-refractivity contribution >= 4 is 23.5 Å². The van der Waals surface area contributed by atoms with Crippen molar-refractivity contribution < 1.29 is 23.6 Å². The summed E-state index contributed by atoms with van der Waals surface area (Å²) < 4.78 is 15.6. The summed E-state index contributed by atoms with van der Waals surface area (Å²) in [6.07, 6.45) is 0.416. The molecule has 3 rings (SSSR count). The van der Waals surface area contributed by atoms with Crippen LogP contribution in [0, 0.1) is 5.92 Å². The molecule has 1 N–H and O–H groups in total. The number of ether oxygens (including phenoxy) is 2. The number of carbonyl (C=O) groups is 2. The van der Waals surface area contributed by atoms with Crippen LogP contribution in [0.2, 0.25) is 5.02 Å². The fourth-order valence-electron chi connectivity index (χ4n) is 2.93. The molecule has 32 heavy (non-hydrogen) atoms. The Bertz CT molecular complexity index is 1050. The summed E-state index contributed by atoms with van der Waals surface area (Å²) in [5.41, 5.74) is 1.14. The van der Waals surface area contributed by atoms with Gasteiger partial charge in [0.2, 0.25) is 5.82 Å². The van der Waals surface area contributed by atoms with Gasteiger partial charge in [-0.1, -0.05) is 30.6 Å². The van der Waals surface area contributed by atoms with Crippen LogP contribution in [0.3, 0.4) is 0 Å². The topological polar surface area (TPSA) is 104 Å². The van der Waals surface area contributed by atoms with Gasteiger partial charge in [-0.2, -0.15) is 4.98 Å². The minimum absolute atomic E-state index is 0.150. The standard InChI is InChI=1S/C23H24ClN3O5/c1-14(2)12-19(25-22(28)16-4-8-17(24)9-5-16)23(29)31-13-20-26-21(27-32-20)15-6-10-18(30-3)11-7-15/h4-11,14,19H,12-13H2,1-3H3,(H,25,28). The molecule has 0 spiro atoms. The van der Waals surface area contributed by atoms with Gasteiger partial charge in [0.05, 0.1) is 7.11 Å². The average molecular weight is 458 g/mol. The van der Waals surface area contributed by atoms with E-state index >= 15 is 0 Å². The maximum absolute atomic E-state index is 12.7. The molecule has 9 heteroatoms. The maximum atomic E-state index is 12.7. The molecular weight excluding hydrogens is 434 g/mol. The summed E-state index contributed by atoms with van der Waals surface area (Å²) in [6.45, 7) is 3.70. The van der Waals surface area contributed by atoms with Crippen molar-refractivity contribution in [2.24, 2.45) is 5.92 Å². The molecular formula is C23H24ClN3O5. The molecule has 0 saturated carbocycles. The highest BCUT2D eigenvalue weighted by Crippen LogP contribution is 2.20. The van der Waals surface area contributed by atoms with Crippen LogP contribution < -0.4 is 10.1 Å². The Morgan fingerprint density at radius 3 is 2.41 bits per heavy atom. The number of hydrogen-bond acceptors (Lipinski definition) is 7. The van der Waals surface area contributed by atoms with Crippen LogP contribution in [0.4, 0.5) is 0 Å². The predicted molar refractivity (Wildman–Crippen MR) is 118 cm³/mol. The molecule has 1 unspecified atom stereocenters. The summed E-state index contributed by atoms with van der Waals surface area (Å²) in [5.74, 6) is 0.422. The van der Waals surface area contributed by atoms with Crippen LogP contribution in [0.5, 0.6) is 5.75 Å². The monoisotopic (exact) mass is 457 g/mol. The van der Waals surface area contributed by atoms with Crippen molar-refractivity contribution in [3.8, 4) is 17.1 Å². The van der Waals surface area contributed by atoms with Gasteiger partial charge in [-0.05, 0) is 60.9 Å². The van der Waals surface area contributed by atoms with E-state index < -0.39 is 12.0 Å². The van der Waals surface area contributed by atoms with E-state index in [1.54, 1.807) is 55.6 Å². The summed E-state index contributed by atoms with van der Waals surface area (Å²) >= 11 is 5.86. The molecule has 0 saturated heterocycles. The van der Waals surface area contributed by atoms with Gasteiger partial charge in [0.25, 0.3) is 11.8 Å². The molecule has 2 aromatic carbocycles. The largest absolute Gasteiger partial charge is 0.497 e. The first kappa shape index (κ1) is 23.3. The molecule has 1 aromatic heterocycles. The van der Waals surface area contributed by atoms with E-state index in [-0.39, 0.29) is 24.3 Å². The number of esters is 1. The number of halogens is 1. The Hall–Kier alpha value is -3.39. The molecule has 0 aliphatic rings. The minimum Gasteiger partial charge on any atom is -0.497 e. The highest BCUT2D eigenvalue weighted by Gasteiger charge is 2.25. The van der Waals surface area contributed by atoms with Crippen molar-refractivity contribution in [3.05, 3.63) is 65.0 Å². The van der Waals surface area contributed by atoms with Crippen molar-refractivity contribution in [1.82, 2.24) is 15.5 Å². The van der Waals surface area contributed by atoms with E-state index in [1.807, 2.05) is 13.8 Å². The molecule has 8 nitrogen and oxygen atoms in total. The molecule has 168 valence electrons. The minimum atomic E-state index is -0.817. The molecule has 0 fully saturated rings. The van der Waals surface area contributed by atoms with E-state index in [2.05, 4.69) is 15.5 Å². The highest BCUT2D eigenvalue weighted by atomic mass is 35.5. The number of rotatable bonds is 9. The third kappa shape index (κ3) is 6.31. The zero-order valence-corrected chi connectivity index (χ0v) is 18.8. The smallest absolute Gasteiger partial charge is 0.329 e. The number of carbonyl (C=O) groups excluding carboxylic acids is 2. The van der Waals surface area contributed by atoms with E-state index in [1.165, 1.54) is 0 Å². The summed E-state index contributed by atoms with van der Waals surface area (Å²) in [7, 11) is 1.58. The Balaban J connectivity index is 1.61. The van der Waals surface area contributed by atoms with Gasteiger partial charge < -0.3 is 19.3 Å². The van der Waals surface area contributed by atoms with Crippen LogP contribution >= 0.6 is 11.6 Å². The number of nitrogens with one attached hydrogen (secondary N) is 1. The maximum Gasteiger partial charge on any atom is 0.329 e. The molecule has 3 aromatic rings. The number of nitrogens with zero attached hydrogens (tertiary/aromatic N) is 2. The van der Waals surface area contributed by atoms with Gasteiger partial charge in [-0.25, -0.2) is 4.79 Å². The number of amides is 1. The molecule has 1 heterocycles. The summed E-state index contributed by atoms with van der Waals surface area (Å²) in [5, 5.41) is 7.16. The lowest BCUT2D eigenvalue weighted by atomic mass is 10.0. The third-order valence-corrected chi connectivity index (χ3v) is 4.81. The molecule has 0 aliphatic carbocycles. The van der Waals surface area contributed by atoms with Crippen LogP contribution in [0.1, 0.15) is 36.5 Å². The van der Waals surface area contributed by atoms with Gasteiger partial charge in [-0.3, -0.25) is 4.79 Å². The first-order valence-corrected chi connectivity index (χ1v) is 10.4. The Morgan fingerprint density at radius 2 is 1.78 bits per heavy atom. The van der Waals surface area contributed by atoms with Crippen molar-refractivity contribution in [1.29, 1.82) is 0 Å². The third-order valence-electron chi connectivity index (χ3n) is 4.56. The first-order valence-electron chi connectivity index (χ1n) is 10.1. The number of hydrogen-bond donors (Lipinski definition) is 1. The van der Waals surface area contributed by atoms with E-state index in [9.17, 15) is 9.59 Å². The lowest BCUT2D eigenvalue weighted by molar-refractivity contribution is -0.148. The second-order valence-corrected chi connectivity index (χ2v) is 7.95. The molecule has 0 bridgehead atoms.